The molecular weight excluding hydrogens is 291 g/mol. The van der Waals surface area contributed by atoms with E-state index in [-0.39, 0.29) is 0 Å². The first-order valence-electron chi connectivity index (χ1n) is 3.15. The van der Waals surface area contributed by atoms with Crippen LogP contribution in [0.5, 0.6) is 0 Å². The van der Waals surface area contributed by atoms with Crippen LogP contribution in [0.4, 0.5) is 0 Å². The van der Waals surface area contributed by atoms with Gasteiger partial charge in [0.2, 0.25) is 0 Å². The number of aryl methyl sites for hydroxylation is 1. The van der Waals surface area contributed by atoms with Gasteiger partial charge < -0.3 is 0 Å². The smallest absolute Gasteiger partial charge is 0.0577 e. The average molecular weight is 298 g/mol. The van der Waals surface area contributed by atoms with Crippen molar-refractivity contribution in [1.29, 1.82) is 0 Å². The molecule has 0 unspecified atom stereocenters. The van der Waals surface area contributed by atoms with Crippen molar-refractivity contribution >= 4 is 43.5 Å². The number of benzene rings is 1. The van der Waals surface area contributed by atoms with Gasteiger partial charge in [-0.3, -0.25) is 0 Å². The second kappa shape index (κ2) is 3.92. The van der Waals surface area contributed by atoms with Crippen LogP contribution in [0.3, 0.4) is 0 Å². The summed E-state index contributed by atoms with van der Waals surface area (Å²) in [4.78, 5) is 0. The molecule has 1 aromatic rings. The minimum atomic E-state index is 0.801. The van der Waals surface area contributed by atoms with Crippen molar-refractivity contribution in [3.05, 3.63) is 32.8 Å². The summed E-state index contributed by atoms with van der Waals surface area (Å²) in [6.07, 6.45) is 0. The van der Waals surface area contributed by atoms with Crippen molar-refractivity contribution in [3.63, 3.8) is 0 Å². The molecule has 0 bridgehead atoms. The maximum absolute atomic E-state index is 5.94. The van der Waals surface area contributed by atoms with Crippen molar-refractivity contribution in [2.75, 3.05) is 0 Å². The van der Waals surface area contributed by atoms with E-state index in [9.17, 15) is 0 Å². The number of alkyl halides is 1. The molecule has 0 saturated heterocycles. The van der Waals surface area contributed by atoms with E-state index in [0.29, 0.717) is 0 Å². The Balaban J connectivity index is 3.21. The zero-order valence-corrected chi connectivity index (χ0v) is 9.92. The highest BCUT2D eigenvalue weighted by atomic mass is 79.9. The van der Waals surface area contributed by atoms with Crippen LogP contribution < -0.4 is 0 Å². The van der Waals surface area contributed by atoms with E-state index in [4.69, 9.17) is 11.6 Å². The molecular formula is C8H7Br2Cl. The number of hydrogen-bond donors (Lipinski definition) is 0. The molecule has 0 nitrogen and oxygen atoms in total. The second-order valence-corrected chi connectivity index (χ2v) is 4.14. The van der Waals surface area contributed by atoms with Gasteiger partial charge in [0.05, 0.1) is 5.02 Å². The molecule has 0 N–H and O–H groups in total. The molecule has 0 fully saturated rings. The highest BCUT2D eigenvalue weighted by molar-refractivity contribution is 9.10. The average Bonchev–Trinajstić information content (AvgIpc) is 1.99. The van der Waals surface area contributed by atoms with Gasteiger partial charge in [0.25, 0.3) is 0 Å². The molecule has 11 heavy (non-hydrogen) atoms. The van der Waals surface area contributed by atoms with E-state index in [1.165, 1.54) is 5.56 Å². The molecule has 0 spiro atoms. The Bertz CT molecular complexity index is 248. The van der Waals surface area contributed by atoms with Crippen LogP contribution in [-0.4, -0.2) is 0 Å². The van der Waals surface area contributed by atoms with Crippen molar-refractivity contribution in [2.45, 2.75) is 12.3 Å². The lowest BCUT2D eigenvalue weighted by Crippen LogP contribution is -1.82. The van der Waals surface area contributed by atoms with Gasteiger partial charge in [0.1, 0.15) is 0 Å². The molecule has 0 radical (unpaired) electrons. The van der Waals surface area contributed by atoms with Gasteiger partial charge >= 0.3 is 0 Å². The molecule has 0 aliphatic heterocycles. The lowest BCUT2D eigenvalue weighted by molar-refractivity contribution is 1.35. The molecule has 0 aromatic heterocycles. The molecule has 3 heteroatoms. The van der Waals surface area contributed by atoms with Crippen LogP contribution in [-0.2, 0) is 5.33 Å². The highest BCUT2D eigenvalue weighted by Crippen LogP contribution is 2.27. The zero-order chi connectivity index (χ0) is 8.43. The SMILES string of the molecule is Cc1cc(CBr)cc(Br)c1Cl. The summed E-state index contributed by atoms with van der Waals surface area (Å²) in [5.74, 6) is 0. The molecule has 0 atom stereocenters. The molecule has 60 valence electrons. The normalized spacial score (nSPS) is 10.2. The van der Waals surface area contributed by atoms with E-state index < -0.39 is 0 Å². The monoisotopic (exact) mass is 296 g/mol. The summed E-state index contributed by atoms with van der Waals surface area (Å²) in [6.45, 7) is 2.00. The van der Waals surface area contributed by atoms with E-state index in [1.54, 1.807) is 0 Å². The summed E-state index contributed by atoms with van der Waals surface area (Å²) < 4.78 is 0.966. The minimum absolute atomic E-state index is 0.801. The summed E-state index contributed by atoms with van der Waals surface area (Å²) in [5.41, 5.74) is 2.34. The molecule has 1 aromatic carbocycles. The third-order valence-corrected chi connectivity index (χ3v) is 3.43. The van der Waals surface area contributed by atoms with Crippen LogP contribution >= 0.6 is 43.5 Å². The van der Waals surface area contributed by atoms with Crippen LogP contribution in [0.2, 0.25) is 5.02 Å². The Labute approximate surface area is 88.2 Å². The van der Waals surface area contributed by atoms with Gasteiger partial charge in [0, 0.05) is 9.80 Å². The highest BCUT2D eigenvalue weighted by Gasteiger charge is 2.01. The predicted molar refractivity (Wildman–Crippen MR) is 56.5 cm³/mol. The Morgan fingerprint density at radius 3 is 2.55 bits per heavy atom. The summed E-state index contributed by atoms with van der Waals surface area (Å²) in [7, 11) is 0. The van der Waals surface area contributed by atoms with Crippen molar-refractivity contribution in [1.82, 2.24) is 0 Å². The van der Waals surface area contributed by atoms with Crippen LogP contribution in [0.1, 0.15) is 11.1 Å². The largest absolute Gasteiger partial charge is 0.0876 e. The molecule has 0 saturated carbocycles. The van der Waals surface area contributed by atoms with Crippen LogP contribution in [0.15, 0.2) is 16.6 Å². The molecule has 0 aliphatic carbocycles. The summed E-state index contributed by atoms with van der Waals surface area (Å²) in [5, 5.41) is 1.67. The van der Waals surface area contributed by atoms with Gasteiger partial charge in [-0.15, -0.1) is 0 Å². The fourth-order valence-corrected chi connectivity index (χ4v) is 1.91. The standard InChI is InChI=1S/C8H7Br2Cl/c1-5-2-6(4-9)3-7(10)8(5)11/h2-3H,4H2,1H3. The number of rotatable bonds is 1. The maximum Gasteiger partial charge on any atom is 0.0577 e. The van der Waals surface area contributed by atoms with Crippen molar-refractivity contribution < 1.29 is 0 Å². The van der Waals surface area contributed by atoms with Gasteiger partial charge in [0.15, 0.2) is 0 Å². The Morgan fingerprint density at radius 2 is 2.09 bits per heavy atom. The third kappa shape index (κ3) is 2.20. The van der Waals surface area contributed by atoms with Gasteiger partial charge in [-0.1, -0.05) is 33.6 Å². The molecule has 1 rings (SSSR count). The van der Waals surface area contributed by atoms with Crippen molar-refractivity contribution in [2.24, 2.45) is 0 Å². The van der Waals surface area contributed by atoms with Crippen molar-refractivity contribution in [3.8, 4) is 0 Å². The van der Waals surface area contributed by atoms with E-state index in [0.717, 1.165) is 20.4 Å². The summed E-state index contributed by atoms with van der Waals surface area (Å²) >= 11 is 12.7. The van der Waals surface area contributed by atoms with E-state index >= 15 is 0 Å². The first kappa shape index (κ1) is 9.56. The fourth-order valence-electron chi connectivity index (χ4n) is 0.875. The number of halogens is 3. The number of hydrogen-bond acceptors (Lipinski definition) is 0. The molecule has 0 heterocycles. The van der Waals surface area contributed by atoms with E-state index in [1.807, 2.05) is 13.0 Å². The topological polar surface area (TPSA) is 0 Å². The van der Waals surface area contributed by atoms with Gasteiger partial charge in [-0.25, -0.2) is 0 Å². The maximum atomic E-state index is 5.94. The molecule has 0 aliphatic rings. The lowest BCUT2D eigenvalue weighted by atomic mass is 10.2. The zero-order valence-electron chi connectivity index (χ0n) is 6.00. The Morgan fingerprint density at radius 1 is 1.45 bits per heavy atom. The Kier molecular flexibility index (Phi) is 3.41. The quantitative estimate of drug-likeness (QED) is 0.678. The first-order chi connectivity index (χ1) is 5.15. The second-order valence-electron chi connectivity index (χ2n) is 2.34. The minimum Gasteiger partial charge on any atom is -0.0876 e. The fraction of sp³-hybridized carbons (Fsp3) is 0.250. The lowest BCUT2D eigenvalue weighted by Gasteiger charge is -2.03. The predicted octanol–water partition coefficient (Wildman–Crippen LogP) is 4.31. The molecule has 0 amide bonds. The Hall–Kier alpha value is 0.470. The van der Waals surface area contributed by atoms with Gasteiger partial charge in [-0.2, -0.15) is 0 Å². The first-order valence-corrected chi connectivity index (χ1v) is 5.45. The third-order valence-electron chi connectivity index (χ3n) is 1.42. The summed E-state index contributed by atoms with van der Waals surface area (Å²) in [6, 6.07) is 4.09. The van der Waals surface area contributed by atoms with E-state index in [2.05, 4.69) is 37.9 Å². The van der Waals surface area contributed by atoms with Gasteiger partial charge in [-0.05, 0) is 40.0 Å². The van der Waals surface area contributed by atoms with Crippen LogP contribution in [0.25, 0.3) is 0 Å². The van der Waals surface area contributed by atoms with Crippen LogP contribution in [0, 0.1) is 6.92 Å².